The van der Waals surface area contributed by atoms with Crippen LogP contribution in [0.4, 0.5) is 0 Å². The average molecular weight is 873 g/mol. The minimum absolute atomic E-state index is 0.127. The first-order chi connectivity index (χ1) is 30.6. The van der Waals surface area contributed by atoms with E-state index in [9.17, 15) is 19.2 Å². The quantitative estimate of drug-likeness (QED) is 0.0494. The molecule has 0 saturated carbocycles. The van der Waals surface area contributed by atoms with Gasteiger partial charge in [-0.1, -0.05) is 92.1 Å². The van der Waals surface area contributed by atoms with Crippen LogP contribution in [0.3, 0.4) is 0 Å². The lowest BCUT2D eigenvalue weighted by Crippen LogP contribution is -2.21. The molecule has 64 heavy (non-hydrogen) atoms. The zero-order chi connectivity index (χ0) is 46.4. The molecule has 344 valence electrons. The lowest BCUT2D eigenvalue weighted by molar-refractivity contribution is -0.143. The van der Waals surface area contributed by atoms with E-state index in [2.05, 4.69) is 58.4 Å². The van der Waals surface area contributed by atoms with E-state index in [0.717, 1.165) is 71.0 Å². The summed E-state index contributed by atoms with van der Waals surface area (Å²) < 4.78 is 11.0. The highest BCUT2D eigenvalue weighted by atomic mass is 16.5. The molecule has 3 aromatic rings. The third kappa shape index (κ3) is 10.5. The first kappa shape index (κ1) is 48.3. The van der Waals surface area contributed by atoms with Crippen molar-refractivity contribution in [1.29, 1.82) is 0 Å². The standard InChI is InChI=1S/C54H72N4O6/c1-12-38-34(7)42-27-46-40(29-59)36(9)41(56-46)26-43-35(8)39(51(57-43)49-50(54(62)63-11)53(61)48-37(10)44(58-52(48)49)28-45(38)55-42)22-23-47(60)64-25-24-33(6)21-15-20-32(5)19-14-18-31(4)17-13-16-30(2)3/h24,26-32,35,39,50,56,58H,12-23,25H2,1-11H3/b33-24+,41-26?,42-27?,43-26?,44-28?,45-28?,46-27?,51-49?/t31-,32-,35+,39+,50-/m1/s1. The predicted molar refractivity (Wildman–Crippen MR) is 258 cm³/mol. The highest BCUT2D eigenvalue weighted by molar-refractivity contribution is 6.23. The lowest BCUT2D eigenvalue weighted by atomic mass is 9.84. The van der Waals surface area contributed by atoms with Crippen molar-refractivity contribution in [1.82, 2.24) is 19.9 Å². The monoisotopic (exact) mass is 873 g/mol. The van der Waals surface area contributed by atoms with Crippen LogP contribution in [0.5, 0.6) is 0 Å². The number of ether oxygens (including phenoxy) is 2. The Morgan fingerprint density at radius 2 is 1.50 bits per heavy atom. The number of methoxy groups -OCH3 is 1. The Bertz CT molecular complexity index is 2480. The number of aldehydes is 1. The van der Waals surface area contributed by atoms with Gasteiger partial charge in [0, 0.05) is 51.7 Å². The molecule has 5 atom stereocenters. The molecular formula is C54H72N4O6. The van der Waals surface area contributed by atoms with Crippen LogP contribution in [-0.2, 0) is 19.1 Å². The van der Waals surface area contributed by atoms with Crippen molar-refractivity contribution in [2.45, 2.75) is 164 Å². The molecule has 0 unspecified atom stereocenters. The number of aromatic amines is 2. The number of rotatable bonds is 20. The van der Waals surface area contributed by atoms with Crippen molar-refractivity contribution in [3.05, 3.63) is 80.4 Å². The number of carbonyl (C=O) groups is 4. The first-order valence-electron chi connectivity index (χ1n) is 23.9. The molecule has 0 spiro atoms. The zero-order valence-electron chi connectivity index (χ0n) is 40.4. The molecule has 0 fully saturated rings. The summed E-state index contributed by atoms with van der Waals surface area (Å²) in [5.41, 5.74) is 11.7. The lowest BCUT2D eigenvalue weighted by Gasteiger charge is -2.18. The van der Waals surface area contributed by atoms with Gasteiger partial charge in [-0.05, 0) is 118 Å². The fraction of sp³-hybridized carbons (Fsp3) is 0.556. The van der Waals surface area contributed by atoms with Crippen molar-refractivity contribution < 1.29 is 28.7 Å². The smallest absolute Gasteiger partial charge is 0.321 e. The summed E-state index contributed by atoms with van der Waals surface area (Å²) in [6, 6.07) is 5.82. The van der Waals surface area contributed by atoms with Gasteiger partial charge >= 0.3 is 11.9 Å². The molecule has 0 aromatic carbocycles. The fourth-order valence-corrected chi connectivity index (χ4v) is 10.1. The summed E-state index contributed by atoms with van der Waals surface area (Å²) in [5.74, 6) is -0.769. The van der Waals surface area contributed by atoms with Crippen molar-refractivity contribution in [2.75, 3.05) is 13.7 Å². The van der Waals surface area contributed by atoms with Crippen LogP contribution in [0.25, 0.3) is 33.2 Å². The minimum atomic E-state index is -1.21. The fourth-order valence-electron chi connectivity index (χ4n) is 10.1. The first-order valence-corrected chi connectivity index (χ1v) is 23.9. The summed E-state index contributed by atoms with van der Waals surface area (Å²) in [6.07, 6.45) is 15.3. The van der Waals surface area contributed by atoms with Gasteiger partial charge in [-0.15, -0.1) is 0 Å². The number of fused-ring (bicyclic) bond motifs is 8. The number of aryl methyl sites for hydroxylation is 2. The number of nitrogens with zero attached hydrogens (tertiary/aromatic N) is 2. The summed E-state index contributed by atoms with van der Waals surface area (Å²) in [5, 5.41) is 0. The molecule has 3 aromatic heterocycles. The van der Waals surface area contributed by atoms with Crippen LogP contribution in [0, 0.1) is 31.6 Å². The molecule has 1 aliphatic carbocycles. The van der Waals surface area contributed by atoms with Crippen molar-refractivity contribution in [2.24, 2.45) is 17.8 Å². The summed E-state index contributed by atoms with van der Waals surface area (Å²) in [4.78, 5) is 71.1. The molecule has 3 aliphatic rings. The van der Waals surface area contributed by atoms with Crippen LogP contribution in [0.15, 0.2) is 29.8 Å². The van der Waals surface area contributed by atoms with Gasteiger partial charge in [-0.3, -0.25) is 24.2 Å². The number of aromatic nitrogens is 4. The van der Waals surface area contributed by atoms with Crippen LogP contribution in [0.2, 0.25) is 0 Å². The van der Waals surface area contributed by atoms with Crippen LogP contribution < -0.4 is 0 Å². The summed E-state index contributed by atoms with van der Waals surface area (Å²) in [7, 11) is 1.29. The molecule has 10 heteroatoms. The number of Topliss-reactive ketones (excluding diaryl/α,β-unsaturated/α-hetero) is 1. The molecule has 2 N–H and O–H groups in total. The van der Waals surface area contributed by atoms with E-state index in [1.165, 1.54) is 57.6 Å². The van der Waals surface area contributed by atoms with E-state index in [4.69, 9.17) is 19.4 Å². The van der Waals surface area contributed by atoms with Crippen LogP contribution in [0.1, 0.15) is 210 Å². The third-order valence-electron chi connectivity index (χ3n) is 14.3. The highest BCUT2D eigenvalue weighted by Gasteiger charge is 2.45. The highest BCUT2D eigenvalue weighted by Crippen LogP contribution is 2.48. The Labute approximate surface area is 380 Å². The summed E-state index contributed by atoms with van der Waals surface area (Å²) in [6.45, 7) is 21.7. The maximum atomic E-state index is 14.4. The zero-order valence-corrected chi connectivity index (χ0v) is 40.4. The molecule has 6 rings (SSSR count). The number of H-pyrrole nitrogens is 2. The maximum absolute atomic E-state index is 14.4. The van der Waals surface area contributed by atoms with Gasteiger partial charge in [0.25, 0.3) is 0 Å². The van der Waals surface area contributed by atoms with E-state index < -0.39 is 11.9 Å². The largest absolute Gasteiger partial charge is 0.468 e. The number of allylic oxidation sites excluding steroid dienone is 3. The Kier molecular flexibility index (Phi) is 16.0. The second-order valence-electron chi connectivity index (χ2n) is 19.5. The van der Waals surface area contributed by atoms with E-state index in [1.807, 2.05) is 45.0 Å². The van der Waals surface area contributed by atoms with Crippen LogP contribution in [-0.4, -0.2) is 57.7 Å². The number of hydrogen-bond acceptors (Lipinski definition) is 8. The third-order valence-corrected chi connectivity index (χ3v) is 14.3. The second kappa shape index (κ2) is 21.2. The van der Waals surface area contributed by atoms with E-state index in [0.29, 0.717) is 62.5 Å². The minimum Gasteiger partial charge on any atom is -0.468 e. The molecule has 10 nitrogen and oxygen atoms in total. The van der Waals surface area contributed by atoms with Crippen molar-refractivity contribution in [3.63, 3.8) is 0 Å². The Hall–Kier alpha value is -5.12. The second-order valence-corrected chi connectivity index (χ2v) is 19.5. The number of carbonyl (C=O) groups excluding carboxylic acids is 4. The molecule has 0 radical (unpaired) electrons. The van der Waals surface area contributed by atoms with Crippen molar-refractivity contribution >= 4 is 57.2 Å². The SMILES string of the molecule is CCC1=C(C)c2cc3[nH]c(cc4nc(c5c6[nH]c(cc1n2)c(C)c6C(=O)[C@@H]5C(=O)OC)[C@@H](CCC(=O)OC/C=C(\C)CCC[C@H](C)CCC[C@H](C)CCCC(C)C)[C@@H]4C)c(C)c3C=O. The molecule has 8 bridgehead atoms. The van der Waals surface area contributed by atoms with Gasteiger partial charge in [0.15, 0.2) is 12.1 Å². The Balaban J connectivity index is 1.24. The summed E-state index contributed by atoms with van der Waals surface area (Å²) >= 11 is 0. The molecule has 5 heterocycles. The Morgan fingerprint density at radius 1 is 0.844 bits per heavy atom. The van der Waals surface area contributed by atoms with Gasteiger partial charge in [0.2, 0.25) is 0 Å². The Morgan fingerprint density at radius 3 is 2.16 bits per heavy atom. The number of hydrogen-bond donors (Lipinski definition) is 2. The maximum Gasteiger partial charge on any atom is 0.321 e. The molecular weight excluding hydrogens is 801 g/mol. The number of esters is 2. The van der Waals surface area contributed by atoms with Gasteiger partial charge in [-0.2, -0.15) is 0 Å². The topological polar surface area (TPSA) is 144 Å². The molecule has 0 amide bonds. The molecule has 0 saturated heterocycles. The van der Waals surface area contributed by atoms with Gasteiger partial charge in [-0.25, -0.2) is 4.98 Å². The number of ketones is 1. The van der Waals surface area contributed by atoms with Crippen molar-refractivity contribution in [3.8, 4) is 0 Å². The number of nitrogens with one attached hydrogen (secondary N) is 2. The average Bonchev–Trinajstić information content (AvgIpc) is 3.99. The molecule has 2 aliphatic heterocycles. The van der Waals surface area contributed by atoms with E-state index in [-0.39, 0.29) is 36.6 Å². The van der Waals surface area contributed by atoms with E-state index in [1.54, 1.807) is 0 Å². The van der Waals surface area contributed by atoms with Crippen LogP contribution >= 0.6 is 0 Å². The van der Waals surface area contributed by atoms with Gasteiger partial charge in [0.05, 0.1) is 35.2 Å². The van der Waals surface area contributed by atoms with Gasteiger partial charge < -0.3 is 19.4 Å². The van der Waals surface area contributed by atoms with E-state index >= 15 is 0 Å². The normalized spacial score (nSPS) is 18.2. The van der Waals surface area contributed by atoms with Gasteiger partial charge in [0.1, 0.15) is 12.5 Å². The predicted octanol–water partition coefficient (Wildman–Crippen LogP) is 13.1.